The Morgan fingerprint density at radius 3 is 2.43 bits per heavy atom. The Balaban J connectivity index is 2.06. The highest BCUT2D eigenvalue weighted by Gasteiger charge is 2.21. The summed E-state index contributed by atoms with van der Waals surface area (Å²) in [6.07, 6.45) is 0. The van der Waals surface area contributed by atoms with Crippen LogP contribution in [0.15, 0.2) is 65.5 Å². The van der Waals surface area contributed by atoms with Crippen molar-refractivity contribution in [3.8, 4) is 5.69 Å². The summed E-state index contributed by atoms with van der Waals surface area (Å²) in [4.78, 5) is 37.6. The van der Waals surface area contributed by atoms with E-state index >= 15 is 0 Å². The van der Waals surface area contributed by atoms with Gasteiger partial charge in [0.15, 0.2) is 5.69 Å². The fraction of sp³-hybridized carbons (Fsp3) is 0.143. The minimum Gasteiger partial charge on any atom is -0.461 e. The van der Waals surface area contributed by atoms with E-state index in [0.29, 0.717) is 11.3 Å². The third-order valence-electron chi connectivity index (χ3n) is 4.04. The zero-order valence-electron chi connectivity index (χ0n) is 15.5. The van der Waals surface area contributed by atoms with Crippen molar-refractivity contribution in [2.75, 3.05) is 11.9 Å². The number of para-hydroxylation sites is 1. The first-order chi connectivity index (χ1) is 13.5. The number of hydrogen-bond donors (Lipinski definition) is 1. The van der Waals surface area contributed by atoms with Crippen LogP contribution >= 0.6 is 0 Å². The Morgan fingerprint density at radius 1 is 1.07 bits per heavy atom. The molecule has 0 aliphatic heterocycles. The number of esters is 1. The Morgan fingerprint density at radius 2 is 1.75 bits per heavy atom. The second-order valence-electron chi connectivity index (χ2n) is 5.98. The van der Waals surface area contributed by atoms with Gasteiger partial charge in [-0.1, -0.05) is 36.4 Å². The van der Waals surface area contributed by atoms with Gasteiger partial charge in [0.25, 0.3) is 11.5 Å². The molecule has 142 valence electrons. The molecular weight excluding hydrogens is 358 g/mol. The van der Waals surface area contributed by atoms with Crippen LogP contribution in [0.4, 0.5) is 5.69 Å². The molecule has 3 aromatic rings. The molecule has 28 heavy (non-hydrogen) atoms. The quantitative estimate of drug-likeness (QED) is 0.691. The maximum Gasteiger partial charge on any atom is 0.360 e. The van der Waals surface area contributed by atoms with Crippen LogP contribution in [0, 0.1) is 6.92 Å². The SMILES string of the molecule is CCOC(=O)c1nn(-c2ccccc2)c(=O)cc1NC(=O)c1ccccc1C. The first-order valence-corrected chi connectivity index (χ1v) is 8.75. The van der Waals surface area contributed by atoms with Gasteiger partial charge in [-0.3, -0.25) is 9.59 Å². The Kier molecular flexibility index (Phi) is 5.64. The third-order valence-corrected chi connectivity index (χ3v) is 4.04. The summed E-state index contributed by atoms with van der Waals surface area (Å²) < 4.78 is 6.14. The van der Waals surface area contributed by atoms with Gasteiger partial charge < -0.3 is 10.1 Å². The van der Waals surface area contributed by atoms with E-state index in [-0.39, 0.29) is 18.0 Å². The molecular formula is C21H19N3O4. The lowest BCUT2D eigenvalue weighted by molar-refractivity contribution is 0.0518. The molecule has 0 saturated heterocycles. The average molecular weight is 377 g/mol. The molecule has 7 nitrogen and oxygen atoms in total. The number of anilines is 1. The lowest BCUT2D eigenvalue weighted by atomic mass is 10.1. The molecule has 0 fully saturated rings. The zero-order chi connectivity index (χ0) is 20.1. The molecule has 2 aromatic carbocycles. The zero-order valence-corrected chi connectivity index (χ0v) is 15.5. The van der Waals surface area contributed by atoms with E-state index in [1.165, 1.54) is 6.07 Å². The van der Waals surface area contributed by atoms with Crippen LogP contribution in [-0.4, -0.2) is 28.3 Å². The molecule has 7 heteroatoms. The Hall–Kier alpha value is -3.74. The minimum atomic E-state index is -0.729. The van der Waals surface area contributed by atoms with Crippen LogP contribution < -0.4 is 10.9 Å². The highest BCUT2D eigenvalue weighted by molar-refractivity contribution is 6.08. The van der Waals surface area contributed by atoms with Gasteiger partial charge in [0.05, 0.1) is 18.0 Å². The number of nitrogens with one attached hydrogen (secondary N) is 1. The van der Waals surface area contributed by atoms with Gasteiger partial charge in [0, 0.05) is 11.6 Å². The molecule has 0 unspecified atom stereocenters. The number of aromatic nitrogens is 2. The van der Waals surface area contributed by atoms with Gasteiger partial charge in [0.2, 0.25) is 0 Å². The first-order valence-electron chi connectivity index (χ1n) is 8.75. The van der Waals surface area contributed by atoms with Crippen molar-refractivity contribution in [3.63, 3.8) is 0 Å². The summed E-state index contributed by atoms with van der Waals surface area (Å²) in [6.45, 7) is 3.60. The summed E-state index contributed by atoms with van der Waals surface area (Å²) in [6, 6.07) is 16.9. The molecule has 1 amide bonds. The normalized spacial score (nSPS) is 10.4. The molecule has 0 bridgehead atoms. The summed E-state index contributed by atoms with van der Waals surface area (Å²) in [5.74, 6) is -1.17. The van der Waals surface area contributed by atoms with Crippen LogP contribution in [0.2, 0.25) is 0 Å². The highest BCUT2D eigenvalue weighted by Crippen LogP contribution is 2.16. The van der Waals surface area contributed by atoms with Gasteiger partial charge in [-0.25, -0.2) is 4.79 Å². The van der Waals surface area contributed by atoms with Gasteiger partial charge >= 0.3 is 5.97 Å². The first kappa shape index (κ1) is 19.0. The number of carbonyl (C=O) groups is 2. The van der Waals surface area contributed by atoms with Crippen LogP contribution in [0.5, 0.6) is 0 Å². The lowest BCUT2D eigenvalue weighted by Gasteiger charge is -2.13. The number of rotatable bonds is 5. The standard InChI is InChI=1S/C21H19N3O4/c1-3-28-21(27)19-17(22-20(26)16-12-8-7-9-14(16)2)13-18(25)24(23-19)15-10-5-4-6-11-15/h4-13H,3H2,1-2H3,(H,22,26). The van der Waals surface area contributed by atoms with Gasteiger partial charge in [-0.15, -0.1) is 0 Å². The fourth-order valence-electron chi connectivity index (χ4n) is 2.67. The van der Waals surface area contributed by atoms with Crippen molar-refractivity contribution in [2.24, 2.45) is 0 Å². The van der Waals surface area contributed by atoms with Crippen molar-refractivity contribution in [3.05, 3.63) is 87.8 Å². The van der Waals surface area contributed by atoms with Crippen molar-refractivity contribution in [2.45, 2.75) is 13.8 Å². The van der Waals surface area contributed by atoms with E-state index in [9.17, 15) is 14.4 Å². The third kappa shape index (κ3) is 3.98. The number of amides is 1. The summed E-state index contributed by atoms with van der Waals surface area (Å²) in [5, 5.41) is 6.76. The van der Waals surface area contributed by atoms with Crippen LogP contribution in [0.1, 0.15) is 33.3 Å². The molecule has 0 aliphatic carbocycles. The molecule has 1 aromatic heterocycles. The Labute approximate surface area is 161 Å². The molecule has 0 radical (unpaired) electrons. The second kappa shape index (κ2) is 8.30. The van der Waals surface area contributed by atoms with Gasteiger partial charge in [-0.05, 0) is 37.6 Å². The smallest absolute Gasteiger partial charge is 0.360 e. The lowest BCUT2D eigenvalue weighted by Crippen LogP contribution is -2.27. The van der Waals surface area contributed by atoms with Crippen LogP contribution in [-0.2, 0) is 4.74 Å². The number of aryl methyl sites for hydroxylation is 1. The number of benzene rings is 2. The van der Waals surface area contributed by atoms with E-state index in [2.05, 4.69) is 10.4 Å². The van der Waals surface area contributed by atoms with E-state index in [0.717, 1.165) is 10.2 Å². The van der Waals surface area contributed by atoms with Crippen molar-refractivity contribution < 1.29 is 14.3 Å². The van der Waals surface area contributed by atoms with Crippen LogP contribution in [0.25, 0.3) is 5.69 Å². The molecule has 0 spiro atoms. The summed E-state index contributed by atoms with van der Waals surface area (Å²) in [7, 11) is 0. The molecule has 3 rings (SSSR count). The Bertz CT molecular complexity index is 1070. The van der Waals surface area contributed by atoms with E-state index in [1.807, 2.05) is 6.07 Å². The maximum atomic E-state index is 12.6. The van der Waals surface area contributed by atoms with Crippen molar-refractivity contribution >= 4 is 17.6 Å². The molecule has 1 N–H and O–H groups in total. The summed E-state index contributed by atoms with van der Waals surface area (Å²) >= 11 is 0. The minimum absolute atomic E-state index is 0.00360. The molecule has 1 heterocycles. The topological polar surface area (TPSA) is 90.3 Å². The highest BCUT2D eigenvalue weighted by atomic mass is 16.5. The number of nitrogens with zero attached hydrogens (tertiary/aromatic N) is 2. The van der Waals surface area contributed by atoms with Gasteiger partial charge in [0.1, 0.15) is 0 Å². The van der Waals surface area contributed by atoms with Crippen molar-refractivity contribution in [1.82, 2.24) is 9.78 Å². The predicted octanol–water partition coefficient (Wildman–Crippen LogP) is 2.97. The van der Waals surface area contributed by atoms with Crippen LogP contribution in [0.3, 0.4) is 0 Å². The summed E-state index contributed by atoms with van der Waals surface area (Å²) in [5.41, 5.74) is 1.07. The molecule has 0 atom stereocenters. The van der Waals surface area contributed by atoms with Crippen molar-refractivity contribution in [1.29, 1.82) is 0 Å². The average Bonchev–Trinajstić information content (AvgIpc) is 2.69. The predicted molar refractivity (Wildman–Crippen MR) is 105 cm³/mol. The van der Waals surface area contributed by atoms with E-state index in [1.54, 1.807) is 62.4 Å². The second-order valence-corrected chi connectivity index (χ2v) is 5.98. The largest absolute Gasteiger partial charge is 0.461 e. The molecule has 0 saturated carbocycles. The van der Waals surface area contributed by atoms with E-state index < -0.39 is 17.4 Å². The maximum absolute atomic E-state index is 12.6. The fourth-order valence-corrected chi connectivity index (χ4v) is 2.67. The van der Waals surface area contributed by atoms with Gasteiger partial charge in [-0.2, -0.15) is 9.78 Å². The van der Waals surface area contributed by atoms with E-state index in [4.69, 9.17) is 4.74 Å². The number of hydrogen-bond acceptors (Lipinski definition) is 5. The number of ether oxygens (including phenoxy) is 1. The monoisotopic (exact) mass is 377 g/mol. The molecule has 0 aliphatic rings. The number of carbonyl (C=O) groups excluding carboxylic acids is 2.